The number of carboxylic acids is 1. The van der Waals surface area contributed by atoms with E-state index in [1.165, 1.54) is 0 Å². The number of benzene rings is 2. The Morgan fingerprint density at radius 3 is 2.52 bits per heavy atom. The Labute approximate surface area is 133 Å². The standard InChI is InChI=1S/C18H16N2O3/c1-13-7-5-6-10-16(13)20-11-15(14-8-3-2-4-9-14)18(19-20)23-12-17(21)22/h2-11H,12H2,1H3,(H,21,22). The third kappa shape index (κ3) is 3.23. The fourth-order valence-electron chi connectivity index (χ4n) is 2.35. The summed E-state index contributed by atoms with van der Waals surface area (Å²) in [5.41, 5.74) is 3.68. The summed E-state index contributed by atoms with van der Waals surface area (Å²) < 4.78 is 7.08. The first-order valence-electron chi connectivity index (χ1n) is 7.21. The average Bonchev–Trinajstić information content (AvgIpc) is 2.98. The smallest absolute Gasteiger partial charge is 0.341 e. The van der Waals surface area contributed by atoms with Crippen LogP contribution in [0.25, 0.3) is 16.8 Å². The van der Waals surface area contributed by atoms with Crippen LogP contribution < -0.4 is 4.74 Å². The van der Waals surface area contributed by atoms with Crippen LogP contribution in [0.15, 0.2) is 60.8 Å². The van der Waals surface area contributed by atoms with Crippen molar-refractivity contribution in [1.82, 2.24) is 9.78 Å². The first-order chi connectivity index (χ1) is 11.1. The zero-order valence-electron chi connectivity index (χ0n) is 12.6. The van der Waals surface area contributed by atoms with Crippen molar-refractivity contribution in [2.75, 3.05) is 6.61 Å². The second kappa shape index (κ2) is 6.36. The number of aliphatic carboxylic acids is 1. The molecule has 1 N–H and O–H groups in total. The summed E-state index contributed by atoms with van der Waals surface area (Å²) in [5, 5.41) is 13.3. The Morgan fingerprint density at radius 2 is 1.83 bits per heavy atom. The van der Waals surface area contributed by atoms with Gasteiger partial charge in [-0.25, -0.2) is 9.48 Å². The Hall–Kier alpha value is -3.08. The topological polar surface area (TPSA) is 64.3 Å². The number of para-hydroxylation sites is 1. The van der Waals surface area contributed by atoms with Crippen LogP contribution in [0.5, 0.6) is 5.88 Å². The number of aryl methyl sites for hydroxylation is 1. The molecule has 3 rings (SSSR count). The van der Waals surface area contributed by atoms with E-state index < -0.39 is 12.6 Å². The van der Waals surface area contributed by atoms with Crippen LogP contribution in [-0.4, -0.2) is 27.5 Å². The first kappa shape index (κ1) is 14.8. The molecule has 5 heteroatoms. The van der Waals surface area contributed by atoms with Gasteiger partial charge in [0.2, 0.25) is 5.88 Å². The third-order valence-corrected chi connectivity index (χ3v) is 3.46. The molecule has 0 aliphatic heterocycles. The predicted molar refractivity (Wildman–Crippen MR) is 86.9 cm³/mol. The highest BCUT2D eigenvalue weighted by molar-refractivity contribution is 5.71. The largest absolute Gasteiger partial charge is 0.479 e. The van der Waals surface area contributed by atoms with Crippen molar-refractivity contribution < 1.29 is 14.6 Å². The van der Waals surface area contributed by atoms with E-state index in [-0.39, 0.29) is 0 Å². The van der Waals surface area contributed by atoms with Crippen LogP contribution in [0.2, 0.25) is 0 Å². The molecular formula is C18H16N2O3. The van der Waals surface area contributed by atoms with Crippen molar-refractivity contribution in [1.29, 1.82) is 0 Å². The second-order valence-corrected chi connectivity index (χ2v) is 5.13. The summed E-state index contributed by atoms with van der Waals surface area (Å²) in [6.07, 6.45) is 1.86. The van der Waals surface area contributed by atoms with Gasteiger partial charge in [0.25, 0.3) is 0 Å². The molecule has 0 bridgehead atoms. The Kier molecular flexibility index (Phi) is 4.10. The number of ether oxygens (including phenoxy) is 1. The van der Waals surface area contributed by atoms with E-state index in [2.05, 4.69) is 5.10 Å². The average molecular weight is 308 g/mol. The molecule has 0 aliphatic rings. The second-order valence-electron chi connectivity index (χ2n) is 5.13. The summed E-state index contributed by atoms with van der Waals surface area (Å²) >= 11 is 0. The van der Waals surface area contributed by atoms with Crippen LogP contribution in [0.3, 0.4) is 0 Å². The molecular weight excluding hydrogens is 292 g/mol. The molecule has 0 saturated heterocycles. The predicted octanol–water partition coefficient (Wildman–Crippen LogP) is 3.31. The van der Waals surface area contributed by atoms with Gasteiger partial charge in [0, 0.05) is 6.20 Å². The lowest BCUT2D eigenvalue weighted by Gasteiger charge is -2.04. The Bertz CT molecular complexity index is 825. The molecule has 0 spiro atoms. The maximum absolute atomic E-state index is 10.8. The van der Waals surface area contributed by atoms with E-state index in [0.717, 1.165) is 22.4 Å². The lowest BCUT2D eigenvalue weighted by Crippen LogP contribution is -2.10. The summed E-state index contributed by atoms with van der Waals surface area (Å²) in [4.78, 5) is 10.8. The van der Waals surface area contributed by atoms with E-state index >= 15 is 0 Å². The van der Waals surface area contributed by atoms with Gasteiger partial charge in [-0.1, -0.05) is 48.5 Å². The zero-order valence-corrected chi connectivity index (χ0v) is 12.6. The molecule has 0 atom stereocenters. The minimum Gasteiger partial charge on any atom is -0.479 e. The molecule has 1 heterocycles. The van der Waals surface area contributed by atoms with Crippen LogP contribution in [-0.2, 0) is 4.79 Å². The van der Waals surface area contributed by atoms with Crippen molar-refractivity contribution in [3.8, 4) is 22.7 Å². The van der Waals surface area contributed by atoms with Gasteiger partial charge in [-0.15, -0.1) is 5.10 Å². The summed E-state index contributed by atoms with van der Waals surface area (Å²) in [6.45, 7) is 1.57. The number of carbonyl (C=O) groups is 1. The molecule has 0 radical (unpaired) electrons. The van der Waals surface area contributed by atoms with Crippen LogP contribution in [0, 0.1) is 6.92 Å². The Balaban J connectivity index is 2.06. The summed E-state index contributed by atoms with van der Waals surface area (Å²) in [6, 6.07) is 17.5. The van der Waals surface area contributed by atoms with Crippen LogP contribution >= 0.6 is 0 Å². The van der Waals surface area contributed by atoms with Crippen molar-refractivity contribution in [3.05, 3.63) is 66.4 Å². The van der Waals surface area contributed by atoms with E-state index in [1.807, 2.05) is 67.7 Å². The minimum atomic E-state index is -1.03. The lowest BCUT2D eigenvalue weighted by atomic mass is 10.1. The lowest BCUT2D eigenvalue weighted by molar-refractivity contribution is -0.139. The first-order valence-corrected chi connectivity index (χ1v) is 7.21. The molecule has 3 aromatic rings. The van der Waals surface area contributed by atoms with Gasteiger partial charge in [-0.2, -0.15) is 0 Å². The number of rotatable bonds is 5. The van der Waals surface area contributed by atoms with Crippen molar-refractivity contribution in [2.24, 2.45) is 0 Å². The fraction of sp³-hybridized carbons (Fsp3) is 0.111. The van der Waals surface area contributed by atoms with E-state index in [4.69, 9.17) is 9.84 Å². The van der Waals surface area contributed by atoms with Gasteiger partial charge in [0.1, 0.15) is 0 Å². The maximum Gasteiger partial charge on any atom is 0.341 e. The van der Waals surface area contributed by atoms with E-state index in [1.54, 1.807) is 4.68 Å². The van der Waals surface area contributed by atoms with E-state index in [0.29, 0.717) is 5.88 Å². The van der Waals surface area contributed by atoms with Gasteiger partial charge in [-0.3, -0.25) is 0 Å². The SMILES string of the molecule is Cc1ccccc1-n1cc(-c2ccccc2)c(OCC(=O)O)n1. The zero-order chi connectivity index (χ0) is 16.2. The molecule has 2 aromatic carbocycles. The van der Waals surface area contributed by atoms with Gasteiger partial charge >= 0.3 is 5.97 Å². The molecule has 0 aliphatic carbocycles. The minimum absolute atomic E-state index is 0.307. The van der Waals surface area contributed by atoms with E-state index in [9.17, 15) is 4.79 Å². The Morgan fingerprint density at radius 1 is 1.13 bits per heavy atom. The van der Waals surface area contributed by atoms with Crippen LogP contribution in [0.1, 0.15) is 5.56 Å². The van der Waals surface area contributed by atoms with Gasteiger partial charge in [0.05, 0.1) is 11.3 Å². The summed E-state index contributed by atoms with van der Waals surface area (Å²) in [5.74, 6) is -0.726. The molecule has 0 fully saturated rings. The number of hydrogen-bond donors (Lipinski definition) is 1. The van der Waals surface area contributed by atoms with Crippen LogP contribution in [0.4, 0.5) is 0 Å². The quantitative estimate of drug-likeness (QED) is 0.785. The van der Waals surface area contributed by atoms with Crippen molar-refractivity contribution >= 4 is 5.97 Å². The number of carboxylic acid groups (broad SMARTS) is 1. The number of aromatic nitrogens is 2. The maximum atomic E-state index is 10.8. The monoisotopic (exact) mass is 308 g/mol. The highest BCUT2D eigenvalue weighted by atomic mass is 16.5. The highest BCUT2D eigenvalue weighted by Crippen LogP contribution is 2.30. The molecule has 116 valence electrons. The number of nitrogens with zero attached hydrogens (tertiary/aromatic N) is 2. The van der Waals surface area contributed by atoms with Crippen molar-refractivity contribution in [2.45, 2.75) is 6.92 Å². The number of hydrogen-bond acceptors (Lipinski definition) is 3. The molecule has 5 nitrogen and oxygen atoms in total. The molecule has 0 amide bonds. The summed E-state index contributed by atoms with van der Waals surface area (Å²) in [7, 11) is 0. The molecule has 0 saturated carbocycles. The fourth-order valence-corrected chi connectivity index (χ4v) is 2.35. The van der Waals surface area contributed by atoms with Gasteiger partial charge < -0.3 is 9.84 Å². The molecule has 1 aromatic heterocycles. The van der Waals surface area contributed by atoms with Crippen molar-refractivity contribution in [3.63, 3.8) is 0 Å². The molecule has 0 unspecified atom stereocenters. The normalized spacial score (nSPS) is 10.5. The van der Waals surface area contributed by atoms with Gasteiger partial charge in [-0.05, 0) is 24.1 Å². The third-order valence-electron chi connectivity index (χ3n) is 3.46. The molecule has 23 heavy (non-hydrogen) atoms. The van der Waals surface area contributed by atoms with Gasteiger partial charge in [0.15, 0.2) is 6.61 Å². The highest BCUT2D eigenvalue weighted by Gasteiger charge is 2.15.